The fraction of sp³-hybridized carbons (Fsp3) is 0.850. The van der Waals surface area contributed by atoms with Crippen molar-refractivity contribution in [2.24, 2.45) is 10.4 Å². The van der Waals surface area contributed by atoms with E-state index in [1.165, 1.54) is 0 Å². The van der Waals surface area contributed by atoms with Crippen LogP contribution in [0.3, 0.4) is 0 Å². The summed E-state index contributed by atoms with van der Waals surface area (Å²) < 4.78 is 5.49. The molecule has 1 fully saturated rings. The van der Waals surface area contributed by atoms with Crippen molar-refractivity contribution in [1.29, 1.82) is 0 Å². The maximum absolute atomic E-state index is 12.4. The number of carbonyl (C=O) groups is 2. The number of ether oxygens (including phenoxy) is 1. The van der Waals surface area contributed by atoms with Gasteiger partial charge in [-0.3, -0.25) is 9.79 Å². The molecule has 1 unspecified atom stereocenters. The highest BCUT2D eigenvalue weighted by Gasteiger charge is 2.29. The molecule has 8 nitrogen and oxygen atoms in total. The molecule has 8 heteroatoms. The molecular weight excluding hydrogens is 358 g/mol. The van der Waals surface area contributed by atoms with E-state index in [2.05, 4.69) is 20.9 Å². The summed E-state index contributed by atoms with van der Waals surface area (Å²) in [6.45, 7) is 16.3. The average molecular weight is 398 g/mol. The highest BCUT2D eigenvalue weighted by atomic mass is 16.6. The van der Waals surface area contributed by atoms with Crippen LogP contribution < -0.4 is 16.0 Å². The number of rotatable bonds is 6. The van der Waals surface area contributed by atoms with E-state index >= 15 is 0 Å². The van der Waals surface area contributed by atoms with Gasteiger partial charge in [-0.05, 0) is 61.3 Å². The number of amides is 2. The van der Waals surface area contributed by atoms with Crippen molar-refractivity contribution < 1.29 is 14.3 Å². The molecule has 1 heterocycles. The van der Waals surface area contributed by atoms with Gasteiger partial charge < -0.3 is 25.6 Å². The van der Waals surface area contributed by atoms with Crippen molar-refractivity contribution in [3.8, 4) is 0 Å². The van der Waals surface area contributed by atoms with Crippen LogP contribution >= 0.6 is 0 Å². The van der Waals surface area contributed by atoms with Crippen LogP contribution in [0.15, 0.2) is 4.99 Å². The van der Waals surface area contributed by atoms with E-state index in [4.69, 9.17) is 4.74 Å². The molecule has 0 aromatic rings. The molecule has 2 amide bonds. The number of hydrogen-bond acceptors (Lipinski definition) is 4. The molecule has 1 saturated heterocycles. The first-order chi connectivity index (χ1) is 13.0. The van der Waals surface area contributed by atoms with Crippen molar-refractivity contribution in [3.05, 3.63) is 0 Å². The van der Waals surface area contributed by atoms with Gasteiger partial charge >= 0.3 is 6.09 Å². The number of piperidine rings is 1. The first-order valence-electron chi connectivity index (χ1n) is 10.3. The third-order valence-electron chi connectivity index (χ3n) is 4.34. The minimum atomic E-state index is -0.590. The fourth-order valence-electron chi connectivity index (χ4n) is 2.85. The number of hydrogen-bond donors (Lipinski definition) is 3. The Kier molecular flexibility index (Phi) is 9.04. The first kappa shape index (κ1) is 24.0. The molecule has 1 atom stereocenters. The van der Waals surface area contributed by atoms with Crippen LogP contribution in [-0.4, -0.2) is 67.2 Å². The predicted octanol–water partition coefficient (Wildman–Crippen LogP) is 2.10. The quantitative estimate of drug-likeness (QED) is 0.471. The average Bonchev–Trinajstić information content (AvgIpc) is 2.59. The lowest BCUT2D eigenvalue weighted by atomic mass is 9.92. The predicted molar refractivity (Wildman–Crippen MR) is 112 cm³/mol. The van der Waals surface area contributed by atoms with Gasteiger partial charge in [-0.25, -0.2) is 4.79 Å². The van der Waals surface area contributed by atoms with Crippen LogP contribution in [0.4, 0.5) is 4.79 Å². The topological polar surface area (TPSA) is 95.1 Å². The van der Waals surface area contributed by atoms with E-state index in [9.17, 15) is 9.59 Å². The normalized spacial score (nSPS) is 18.5. The Hall–Kier alpha value is -1.99. The van der Waals surface area contributed by atoms with Crippen molar-refractivity contribution in [1.82, 2.24) is 20.9 Å². The first-order valence-corrected chi connectivity index (χ1v) is 10.3. The SMILES string of the molecule is CCNC(=O)C(C)(C)CN=C(NCC)NC1CCCN(C(=O)OC(C)(C)C)C1. The molecule has 0 aromatic carbocycles. The smallest absolute Gasteiger partial charge is 0.410 e. The van der Waals surface area contributed by atoms with E-state index in [1.807, 2.05) is 48.5 Å². The molecule has 162 valence electrons. The lowest BCUT2D eigenvalue weighted by Crippen LogP contribution is -2.53. The van der Waals surface area contributed by atoms with Gasteiger partial charge in [0, 0.05) is 32.2 Å². The van der Waals surface area contributed by atoms with Gasteiger partial charge in [0.15, 0.2) is 5.96 Å². The van der Waals surface area contributed by atoms with E-state index in [-0.39, 0.29) is 18.0 Å². The lowest BCUT2D eigenvalue weighted by molar-refractivity contribution is -0.128. The molecule has 1 aliphatic rings. The zero-order valence-electron chi connectivity index (χ0n) is 18.6. The molecule has 0 spiro atoms. The third-order valence-corrected chi connectivity index (χ3v) is 4.34. The number of guanidine groups is 1. The second kappa shape index (κ2) is 10.5. The minimum absolute atomic E-state index is 0.0108. The van der Waals surface area contributed by atoms with Crippen molar-refractivity contribution in [2.75, 3.05) is 32.7 Å². The molecule has 1 aliphatic heterocycles. The van der Waals surface area contributed by atoms with Crippen LogP contribution in [-0.2, 0) is 9.53 Å². The maximum Gasteiger partial charge on any atom is 0.410 e. The molecular formula is C20H39N5O3. The molecule has 0 bridgehead atoms. The highest BCUT2D eigenvalue weighted by molar-refractivity contribution is 5.84. The number of aliphatic imine (C=N–C) groups is 1. The largest absolute Gasteiger partial charge is 0.444 e. The summed E-state index contributed by atoms with van der Waals surface area (Å²) >= 11 is 0. The van der Waals surface area contributed by atoms with Gasteiger partial charge in [0.05, 0.1) is 12.0 Å². The summed E-state index contributed by atoms with van der Waals surface area (Å²) in [6.07, 6.45) is 1.57. The van der Waals surface area contributed by atoms with E-state index < -0.39 is 11.0 Å². The Morgan fingerprint density at radius 3 is 2.32 bits per heavy atom. The van der Waals surface area contributed by atoms with Gasteiger partial charge in [-0.1, -0.05) is 0 Å². The maximum atomic E-state index is 12.4. The van der Waals surface area contributed by atoms with Gasteiger partial charge in [0.2, 0.25) is 5.91 Å². The van der Waals surface area contributed by atoms with E-state index in [1.54, 1.807) is 4.90 Å². The van der Waals surface area contributed by atoms with Crippen molar-refractivity contribution in [3.63, 3.8) is 0 Å². The Bertz CT molecular complexity index is 555. The molecule has 0 radical (unpaired) electrons. The summed E-state index contributed by atoms with van der Waals surface area (Å²) in [6, 6.07) is 0.0895. The molecule has 0 aliphatic carbocycles. The van der Waals surface area contributed by atoms with Crippen LogP contribution in [0.2, 0.25) is 0 Å². The van der Waals surface area contributed by atoms with Crippen molar-refractivity contribution in [2.45, 2.75) is 73.0 Å². The van der Waals surface area contributed by atoms with Crippen molar-refractivity contribution >= 4 is 18.0 Å². The third kappa shape index (κ3) is 8.35. The monoisotopic (exact) mass is 397 g/mol. The second-order valence-corrected chi connectivity index (χ2v) is 8.85. The zero-order valence-corrected chi connectivity index (χ0v) is 18.6. The van der Waals surface area contributed by atoms with Crippen LogP contribution in [0.25, 0.3) is 0 Å². The van der Waals surface area contributed by atoms with Crippen LogP contribution in [0.5, 0.6) is 0 Å². The van der Waals surface area contributed by atoms with Gasteiger partial charge in [0.25, 0.3) is 0 Å². The Labute approximate surface area is 169 Å². The molecule has 0 aromatic heterocycles. The van der Waals surface area contributed by atoms with Gasteiger partial charge in [-0.15, -0.1) is 0 Å². The summed E-state index contributed by atoms with van der Waals surface area (Å²) in [4.78, 5) is 30.9. The minimum Gasteiger partial charge on any atom is -0.444 e. The standard InChI is InChI=1S/C20H39N5O3/c1-8-21-16(26)20(6,7)14-23-17(22-9-2)24-15-11-10-12-25(13-15)18(27)28-19(3,4)5/h15H,8-14H2,1-7H3,(H,21,26)(H2,22,23,24). The number of likely N-dealkylation sites (tertiary alicyclic amines) is 1. The molecule has 28 heavy (non-hydrogen) atoms. The Morgan fingerprint density at radius 1 is 1.11 bits per heavy atom. The van der Waals surface area contributed by atoms with Crippen LogP contribution in [0.1, 0.15) is 61.3 Å². The molecule has 3 N–H and O–H groups in total. The Balaban J connectivity index is 2.72. The van der Waals surface area contributed by atoms with E-state index in [0.717, 1.165) is 19.4 Å². The summed E-state index contributed by atoms with van der Waals surface area (Å²) in [5.74, 6) is 0.652. The summed E-state index contributed by atoms with van der Waals surface area (Å²) in [5, 5.41) is 9.49. The zero-order chi connectivity index (χ0) is 21.4. The number of carbonyl (C=O) groups excluding carboxylic acids is 2. The Morgan fingerprint density at radius 2 is 1.75 bits per heavy atom. The lowest BCUT2D eigenvalue weighted by Gasteiger charge is -2.35. The van der Waals surface area contributed by atoms with Gasteiger partial charge in [-0.2, -0.15) is 0 Å². The fourth-order valence-corrected chi connectivity index (χ4v) is 2.85. The second-order valence-electron chi connectivity index (χ2n) is 8.85. The van der Waals surface area contributed by atoms with Gasteiger partial charge in [0.1, 0.15) is 5.60 Å². The van der Waals surface area contributed by atoms with E-state index in [0.29, 0.717) is 32.1 Å². The number of nitrogens with one attached hydrogen (secondary N) is 3. The van der Waals surface area contributed by atoms with Crippen LogP contribution in [0, 0.1) is 5.41 Å². The molecule has 1 rings (SSSR count). The summed E-state index contributed by atoms with van der Waals surface area (Å²) in [7, 11) is 0. The highest BCUT2D eigenvalue weighted by Crippen LogP contribution is 2.17. The number of nitrogens with zero attached hydrogens (tertiary/aromatic N) is 2. The summed E-state index contributed by atoms with van der Waals surface area (Å²) in [5.41, 5.74) is -1.09. The molecule has 0 saturated carbocycles.